The number of hydrogen-bond acceptors (Lipinski definition) is 2. The predicted molar refractivity (Wildman–Crippen MR) is 84.1 cm³/mol. The van der Waals surface area contributed by atoms with Gasteiger partial charge in [0, 0.05) is 17.5 Å². The molecule has 3 N–H and O–H groups in total. The van der Waals surface area contributed by atoms with Crippen LogP contribution in [0, 0.1) is 0 Å². The first kappa shape index (κ1) is 15.3. The number of nitrogen functional groups attached to an aromatic ring is 1. The molecule has 1 heterocycles. The summed E-state index contributed by atoms with van der Waals surface area (Å²) in [7, 11) is 0. The molecule has 120 valence electrons. The van der Waals surface area contributed by atoms with E-state index in [9.17, 15) is 18.3 Å². The molecule has 0 fully saturated rings. The molecular formula is C17H15F3N2O. The minimum atomic E-state index is -4.40. The topological polar surface area (TPSA) is 51.2 Å². The zero-order valence-corrected chi connectivity index (χ0v) is 12.4. The lowest BCUT2D eigenvalue weighted by Crippen LogP contribution is -2.05. The predicted octanol–water partition coefficient (Wildman–Crippen LogP) is 4.63. The molecule has 0 unspecified atom stereocenters. The number of aromatic hydroxyl groups is 1. The van der Waals surface area contributed by atoms with E-state index in [0.29, 0.717) is 28.8 Å². The highest BCUT2D eigenvalue weighted by Gasteiger charge is 2.31. The van der Waals surface area contributed by atoms with Gasteiger partial charge in [0.15, 0.2) is 0 Å². The zero-order valence-electron chi connectivity index (χ0n) is 12.4. The van der Waals surface area contributed by atoms with Gasteiger partial charge in [-0.25, -0.2) is 0 Å². The van der Waals surface area contributed by atoms with Gasteiger partial charge in [0.1, 0.15) is 5.75 Å². The number of phenolic OH excluding ortho intramolecular Hbond substituents is 1. The summed E-state index contributed by atoms with van der Waals surface area (Å²) in [6, 6.07) is 10.00. The van der Waals surface area contributed by atoms with Crippen LogP contribution in [-0.2, 0) is 12.7 Å². The maximum absolute atomic E-state index is 13.0. The third-order valence-electron chi connectivity index (χ3n) is 3.89. The number of nitrogens with two attached hydrogens (primary N) is 1. The first-order valence-corrected chi connectivity index (χ1v) is 7.11. The van der Waals surface area contributed by atoms with E-state index in [-0.39, 0.29) is 5.75 Å². The summed E-state index contributed by atoms with van der Waals surface area (Å²) >= 11 is 0. The van der Waals surface area contributed by atoms with E-state index in [1.807, 2.05) is 6.92 Å². The molecule has 0 aliphatic carbocycles. The average Bonchev–Trinajstić information content (AvgIpc) is 2.79. The van der Waals surface area contributed by atoms with Crippen molar-refractivity contribution in [3.05, 3.63) is 48.0 Å². The van der Waals surface area contributed by atoms with Crippen LogP contribution in [0.4, 0.5) is 18.9 Å². The van der Waals surface area contributed by atoms with E-state index in [1.54, 1.807) is 16.7 Å². The molecule has 0 atom stereocenters. The maximum Gasteiger partial charge on any atom is 0.416 e. The van der Waals surface area contributed by atoms with Crippen LogP contribution >= 0.6 is 0 Å². The van der Waals surface area contributed by atoms with Crippen LogP contribution in [0.3, 0.4) is 0 Å². The summed E-state index contributed by atoms with van der Waals surface area (Å²) in [4.78, 5) is 0. The van der Waals surface area contributed by atoms with Gasteiger partial charge in [-0.15, -0.1) is 0 Å². The Bertz CT molecular complexity index is 864. The van der Waals surface area contributed by atoms with Crippen LogP contribution in [0.5, 0.6) is 5.75 Å². The van der Waals surface area contributed by atoms with Crippen molar-refractivity contribution in [3.8, 4) is 17.0 Å². The monoisotopic (exact) mass is 320 g/mol. The van der Waals surface area contributed by atoms with Gasteiger partial charge in [-0.2, -0.15) is 13.2 Å². The molecule has 0 aliphatic rings. The van der Waals surface area contributed by atoms with Gasteiger partial charge in [-0.1, -0.05) is 6.07 Å². The number of phenols is 1. The number of fused-ring (bicyclic) bond motifs is 1. The Labute approximate surface area is 130 Å². The number of rotatable bonds is 2. The number of alkyl halides is 3. The highest BCUT2D eigenvalue weighted by Crippen LogP contribution is 2.39. The largest absolute Gasteiger partial charge is 0.508 e. The first-order valence-electron chi connectivity index (χ1n) is 7.11. The number of benzene rings is 2. The molecule has 0 aliphatic heterocycles. The highest BCUT2D eigenvalue weighted by molar-refractivity contribution is 6.01. The van der Waals surface area contributed by atoms with Crippen LogP contribution in [0.2, 0.25) is 0 Å². The number of aryl methyl sites for hydroxylation is 1. The second kappa shape index (κ2) is 5.22. The van der Waals surface area contributed by atoms with Crippen molar-refractivity contribution in [1.29, 1.82) is 0 Å². The van der Waals surface area contributed by atoms with E-state index in [2.05, 4.69) is 0 Å². The molecule has 3 nitrogen and oxygen atoms in total. The standard InChI is InChI=1S/C17H15F3N2O/c1-2-22-14-9-11(17(18,19)20)5-8-13(14)15(21)16(22)10-3-6-12(23)7-4-10/h3-9,23H,2,21H2,1H3. The van der Waals surface area contributed by atoms with E-state index in [0.717, 1.165) is 17.7 Å². The molecule has 2 aromatic carbocycles. The minimum absolute atomic E-state index is 0.117. The van der Waals surface area contributed by atoms with E-state index in [1.165, 1.54) is 18.2 Å². The fraction of sp³-hybridized carbons (Fsp3) is 0.176. The molecular weight excluding hydrogens is 305 g/mol. The molecule has 1 aromatic heterocycles. The average molecular weight is 320 g/mol. The normalized spacial score (nSPS) is 12.0. The van der Waals surface area contributed by atoms with Gasteiger partial charge in [-0.3, -0.25) is 0 Å². The Hall–Kier alpha value is -2.63. The highest BCUT2D eigenvalue weighted by atomic mass is 19.4. The Morgan fingerprint density at radius 1 is 1.09 bits per heavy atom. The summed E-state index contributed by atoms with van der Waals surface area (Å²) in [6.45, 7) is 2.33. The van der Waals surface area contributed by atoms with Gasteiger partial charge < -0.3 is 15.4 Å². The van der Waals surface area contributed by atoms with Crippen LogP contribution < -0.4 is 5.73 Å². The van der Waals surface area contributed by atoms with Crippen molar-refractivity contribution in [2.45, 2.75) is 19.6 Å². The lowest BCUT2D eigenvalue weighted by atomic mass is 10.1. The molecule has 23 heavy (non-hydrogen) atoms. The lowest BCUT2D eigenvalue weighted by molar-refractivity contribution is -0.137. The Morgan fingerprint density at radius 3 is 2.30 bits per heavy atom. The molecule has 0 radical (unpaired) electrons. The fourth-order valence-electron chi connectivity index (χ4n) is 2.81. The summed E-state index contributed by atoms with van der Waals surface area (Å²) in [5.74, 6) is 0.117. The maximum atomic E-state index is 13.0. The molecule has 0 amide bonds. The van der Waals surface area contributed by atoms with E-state index < -0.39 is 11.7 Å². The smallest absolute Gasteiger partial charge is 0.416 e. The molecule has 0 bridgehead atoms. The molecule has 3 aromatic rings. The van der Waals surface area contributed by atoms with Crippen LogP contribution in [0.25, 0.3) is 22.2 Å². The van der Waals surface area contributed by atoms with Crippen LogP contribution in [0.15, 0.2) is 42.5 Å². The molecule has 3 rings (SSSR count). The van der Waals surface area contributed by atoms with Crippen LogP contribution in [-0.4, -0.2) is 9.67 Å². The van der Waals surface area contributed by atoms with Crippen molar-refractivity contribution in [2.75, 3.05) is 5.73 Å². The van der Waals surface area contributed by atoms with Gasteiger partial charge >= 0.3 is 6.18 Å². The molecule has 0 spiro atoms. The van der Waals surface area contributed by atoms with Gasteiger partial charge in [0.05, 0.1) is 22.5 Å². The number of halogens is 3. The summed E-state index contributed by atoms with van der Waals surface area (Å²) in [5, 5.41) is 9.99. The summed E-state index contributed by atoms with van der Waals surface area (Å²) in [6.07, 6.45) is -4.40. The second-order valence-corrected chi connectivity index (χ2v) is 5.28. The van der Waals surface area contributed by atoms with Gasteiger partial charge in [-0.05, 0) is 43.3 Å². The van der Waals surface area contributed by atoms with Crippen LogP contribution in [0.1, 0.15) is 12.5 Å². The molecule has 0 saturated heterocycles. The Kier molecular flexibility index (Phi) is 3.47. The quantitative estimate of drug-likeness (QED) is 0.723. The van der Waals surface area contributed by atoms with E-state index in [4.69, 9.17) is 5.73 Å². The van der Waals surface area contributed by atoms with Crippen molar-refractivity contribution >= 4 is 16.6 Å². The van der Waals surface area contributed by atoms with Gasteiger partial charge in [0.2, 0.25) is 0 Å². The third kappa shape index (κ3) is 2.50. The summed E-state index contributed by atoms with van der Waals surface area (Å²) in [5.41, 5.74) is 7.76. The Balaban J connectivity index is 2.30. The van der Waals surface area contributed by atoms with E-state index >= 15 is 0 Å². The molecule has 6 heteroatoms. The zero-order chi connectivity index (χ0) is 16.8. The second-order valence-electron chi connectivity index (χ2n) is 5.28. The fourth-order valence-corrected chi connectivity index (χ4v) is 2.81. The first-order chi connectivity index (χ1) is 10.8. The summed E-state index contributed by atoms with van der Waals surface area (Å²) < 4.78 is 40.6. The Morgan fingerprint density at radius 2 is 1.74 bits per heavy atom. The van der Waals surface area contributed by atoms with Crippen molar-refractivity contribution in [2.24, 2.45) is 0 Å². The minimum Gasteiger partial charge on any atom is -0.508 e. The van der Waals surface area contributed by atoms with Crippen molar-refractivity contribution < 1.29 is 18.3 Å². The SMILES string of the molecule is CCn1c(-c2ccc(O)cc2)c(N)c2ccc(C(F)(F)F)cc21. The molecule has 0 saturated carbocycles. The number of hydrogen-bond donors (Lipinski definition) is 2. The van der Waals surface area contributed by atoms with Crippen molar-refractivity contribution in [3.63, 3.8) is 0 Å². The van der Waals surface area contributed by atoms with Crippen molar-refractivity contribution in [1.82, 2.24) is 4.57 Å². The third-order valence-corrected chi connectivity index (χ3v) is 3.89. The number of nitrogens with zero attached hydrogens (tertiary/aromatic N) is 1. The van der Waals surface area contributed by atoms with Gasteiger partial charge in [0.25, 0.3) is 0 Å². The number of aromatic nitrogens is 1. The lowest BCUT2D eigenvalue weighted by Gasteiger charge is -2.10. The number of anilines is 1.